The number of benzene rings is 1. The summed E-state index contributed by atoms with van der Waals surface area (Å²) in [5, 5.41) is 9.98. The Morgan fingerprint density at radius 3 is 2.72 bits per heavy atom. The van der Waals surface area contributed by atoms with E-state index in [-0.39, 0.29) is 0 Å². The lowest BCUT2D eigenvalue weighted by molar-refractivity contribution is -0.142. The van der Waals surface area contributed by atoms with Gasteiger partial charge in [-0.3, -0.25) is 4.79 Å². The Morgan fingerprint density at radius 2 is 2.17 bits per heavy atom. The molecule has 18 heavy (non-hydrogen) atoms. The second kappa shape index (κ2) is 7.75. The summed E-state index contributed by atoms with van der Waals surface area (Å²) in [4.78, 5) is 11.7. The molecule has 0 aliphatic carbocycles. The number of rotatable bonds is 6. The normalized spacial score (nSPS) is 13.4. The number of carbonyl (C=O) groups is 1. The van der Waals surface area contributed by atoms with Crippen LogP contribution in [-0.4, -0.2) is 23.9 Å². The van der Waals surface area contributed by atoms with Gasteiger partial charge in [-0.1, -0.05) is 30.3 Å². The van der Waals surface area contributed by atoms with Crippen LogP contribution in [-0.2, 0) is 16.0 Å². The van der Waals surface area contributed by atoms with E-state index in [9.17, 15) is 4.79 Å². The number of hydrogen-bond donors (Lipinski definition) is 1. The number of nitriles is 1. The summed E-state index contributed by atoms with van der Waals surface area (Å²) in [5.41, 5.74) is 7.03. The van der Waals surface area contributed by atoms with Gasteiger partial charge in [0, 0.05) is 6.04 Å². The Bertz CT molecular complexity index is 417. The third-order valence-electron chi connectivity index (χ3n) is 2.40. The van der Waals surface area contributed by atoms with Crippen LogP contribution in [0.15, 0.2) is 30.3 Å². The maximum Gasteiger partial charge on any atom is 0.321 e. The van der Waals surface area contributed by atoms with Crippen LogP contribution in [0.1, 0.15) is 12.5 Å². The number of thiocyanates is 1. The smallest absolute Gasteiger partial charge is 0.321 e. The van der Waals surface area contributed by atoms with Gasteiger partial charge < -0.3 is 10.5 Å². The van der Waals surface area contributed by atoms with Crippen LogP contribution in [0.4, 0.5) is 0 Å². The van der Waals surface area contributed by atoms with E-state index in [1.165, 1.54) is 0 Å². The van der Waals surface area contributed by atoms with E-state index in [4.69, 9.17) is 15.7 Å². The van der Waals surface area contributed by atoms with Crippen LogP contribution >= 0.6 is 11.8 Å². The third-order valence-corrected chi connectivity index (χ3v) is 3.30. The molecule has 0 saturated heterocycles. The number of carbonyl (C=O) groups excluding carboxylic acids is 1. The summed E-state index contributed by atoms with van der Waals surface area (Å²) in [6, 6.07) is 9.20. The molecule has 2 N–H and O–H groups in total. The predicted molar refractivity (Wildman–Crippen MR) is 71.7 cm³/mol. The standard InChI is InChI=1S/C13H16N2O2S/c1-2-17-13(16)12(18-9-14)11(15)8-10-6-4-3-5-7-10/h3-7,11-12H,2,8,15H2,1H3. The first-order valence-electron chi connectivity index (χ1n) is 5.70. The molecule has 0 aliphatic heterocycles. The maximum absolute atomic E-state index is 11.7. The maximum atomic E-state index is 11.7. The molecular formula is C13H16N2O2S. The van der Waals surface area contributed by atoms with E-state index in [1.807, 2.05) is 35.7 Å². The van der Waals surface area contributed by atoms with Crippen molar-refractivity contribution in [3.8, 4) is 5.40 Å². The van der Waals surface area contributed by atoms with Gasteiger partial charge in [-0.25, -0.2) is 0 Å². The summed E-state index contributed by atoms with van der Waals surface area (Å²) in [5.74, 6) is -0.424. The van der Waals surface area contributed by atoms with E-state index in [0.717, 1.165) is 17.3 Å². The highest BCUT2D eigenvalue weighted by molar-refractivity contribution is 8.05. The second-order valence-electron chi connectivity index (χ2n) is 3.74. The van der Waals surface area contributed by atoms with Gasteiger partial charge in [0.25, 0.3) is 0 Å². The molecule has 2 atom stereocenters. The first-order chi connectivity index (χ1) is 8.69. The summed E-state index contributed by atoms with van der Waals surface area (Å²) in [6.07, 6.45) is 0.541. The second-order valence-corrected chi connectivity index (χ2v) is 4.66. The van der Waals surface area contributed by atoms with Crippen molar-refractivity contribution in [1.82, 2.24) is 0 Å². The molecule has 0 aromatic heterocycles. The van der Waals surface area contributed by atoms with Gasteiger partial charge in [0.15, 0.2) is 0 Å². The van der Waals surface area contributed by atoms with E-state index >= 15 is 0 Å². The molecule has 0 spiro atoms. The first-order valence-corrected chi connectivity index (χ1v) is 6.57. The Balaban J connectivity index is 2.68. The number of esters is 1. The molecule has 96 valence electrons. The molecule has 0 fully saturated rings. The van der Waals surface area contributed by atoms with Crippen molar-refractivity contribution in [1.29, 1.82) is 5.26 Å². The van der Waals surface area contributed by atoms with Crippen molar-refractivity contribution in [2.75, 3.05) is 6.61 Å². The van der Waals surface area contributed by atoms with Crippen molar-refractivity contribution in [3.63, 3.8) is 0 Å². The molecule has 1 aromatic rings. The van der Waals surface area contributed by atoms with Crippen molar-refractivity contribution in [3.05, 3.63) is 35.9 Å². The Morgan fingerprint density at radius 1 is 1.50 bits per heavy atom. The van der Waals surface area contributed by atoms with E-state index < -0.39 is 17.3 Å². The molecule has 0 amide bonds. The fourth-order valence-corrected chi connectivity index (χ4v) is 2.13. The fraction of sp³-hybridized carbons (Fsp3) is 0.385. The summed E-state index contributed by atoms with van der Waals surface area (Å²) in [7, 11) is 0. The largest absolute Gasteiger partial charge is 0.465 e. The van der Waals surface area contributed by atoms with Gasteiger partial charge in [-0.2, -0.15) is 5.26 Å². The molecule has 0 radical (unpaired) electrons. The van der Waals surface area contributed by atoms with Gasteiger partial charge in [-0.15, -0.1) is 0 Å². The molecule has 5 heteroatoms. The van der Waals surface area contributed by atoms with Crippen LogP contribution in [0.3, 0.4) is 0 Å². The molecule has 1 aromatic carbocycles. The number of nitrogens with two attached hydrogens (primary N) is 1. The number of hydrogen-bond acceptors (Lipinski definition) is 5. The van der Waals surface area contributed by atoms with Crippen molar-refractivity contribution in [2.45, 2.75) is 24.6 Å². The summed E-state index contributed by atoms with van der Waals surface area (Å²) >= 11 is 0.858. The van der Waals surface area contributed by atoms with Crippen molar-refractivity contribution < 1.29 is 9.53 Å². The quantitative estimate of drug-likeness (QED) is 0.625. The Labute approximate surface area is 111 Å². The molecule has 0 heterocycles. The van der Waals surface area contributed by atoms with Crippen LogP contribution in [0.25, 0.3) is 0 Å². The van der Waals surface area contributed by atoms with E-state index in [2.05, 4.69) is 0 Å². The molecule has 0 aliphatic rings. The zero-order chi connectivity index (χ0) is 13.4. The average Bonchev–Trinajstić information content (AvgIpc) is 2.37. The van der Waals surface area contributed by atoms with Crippen molar-refractivity contribution in [2.24, 2.45) is 5.73 Å². The van der Waals surface area contributed by atoms with Crippen molar-refractivity contribution >= 4 is 17.7 Å². The molecule has 1 rings (SSSR count). The lowest BCUT2D eigenvalue weighted by atomic mass is 10.0. The minimum Gasteiger partial charge on any atom is -0.465 e. The summed E-state index contributed by atoms with van der Waals surface area (Å²) < 4.78 is 4.92. The average molecular weight is 264 g/mol. The van der Waals surface area contributed by atoms with Gasteiger partial charge in [-0.05, 0) is 30.7 Å². The van der Waals surface area contributed by atoms with Crippen LogP contribution in [0, 0.1) is 10.7 Å². The monoisotopic (exact) mass is 264 g/mol. The molecule has 0 bridgehead atoms. The van der Waals surface area contributed by atoms with Gasteiger partial charge in [0.1, 0.15) is 10.7 Å². The van der Waals surface area contributed by atoms with Crippen LogP contribution < -0.4 is 5.73 Å². The third kappa shape index (κ3) is 4.40. The Hall–Kier alpha value is -1.51. The topological polar surface area (TPSA) is 76.1 Å². The number of ether oxygens (including phenoxy) is 1. The SMILES string of the molecule is CCOC(=O)C(SC#N)C(N)Cc1ccccc1. The van der Waals surface area contributed by atoms with E-state index in [1.54, 1.807) is 6.92 Å². The van der Waals surface area contributed by atoms with Gasteiger partial charge in [0.2, 0.25) is 0 Å². The van der Waals surface area contributed by atoms with Gasteiger partial charge >= 0.3 is 5.97 Å². The molecule has 4 nitrogen and oxygen atoms in total. The predicted octanol–water partition coefficient (Wildman–Crippen LogP) is 1.70. The fourth-order valence-electron chi connectivity index (χ4n) is 1.58. The minimum absolute atomic E-state index is 0.291. The van der Waals surface area contributed by atoms with Crippen LogP contribution in [0.2, 0.25) is 0 Å². The zero-order valence-corrected chi connectivity index (χ0v) is 11.0. The highest BCUT2D eigenvalue weighted by Crippen LogP contribution is 2.17. The zero-order valence-electron chi connectivity index (χ0n) is 10.2. The molecule has 0 saturated carbocycles. The number of nitrogens with zero attached hydrogens (tertiary/aromatic N) is 1. The minimum atomic E-state index is -0.643. The van der Waals surface area contributed by atoms with Crippen LogP contribution in [0.5, 0.6) is 0 Å². The summed E-state index contributed by atoms with van der Waals surface area (Å²) in [6.45, 7) is 2.02. The number of thioether (sulfide) groups is 1. The van der Waals surface area contributed by atoms with E-state index in [0.29, 0.717) is 13.0 Å². The Kier molecular flexibility index (Phi) is 6.26. The highest BCUT2D eigenvalue weighted by Gasteiger charge is 2.27. The molecule has 2 unspecified atom stereocenters. The first kappa shape index (κ1) is 14.6. The van der Waals surface area contributed by atoms with Gasteiger partial charge in [0.05, 0.1) is 6.61 Å². The lowest BCUT2D eigenvalue weighted by Gasteiger charge is -2.19. The lowest BCUT2D eigenvalue weighted by Crippen LogP contribution is -2.40. The molecular weight excluding hydrogens is 248 g/mol. The highest BCUT2D eigenvalue weighted by atomic mass is 32.2.